The number of nitrogens with one attached hydrogen (secondary N) is 2. The number of rotatable bonds is 16. The summed E-state index contributed by atoms with van der Waals surface area (Å²) in [5.74, 6) is 1.53. The van der Waals surface area contributed by atoms with E-state index < -0.39 is 23.1 Å². The molecule has 2 fully saturated rings. The van der Waals surface area contributed by atoms with Crippen LogP contribution >= 0.6 is 0 Å². The number of ether oxygens (including phenoxy) is 8. The molecule has 4 rings (SSSR count). The fourth-order valence-electron chi connectivity index (χ4n) is 6.96. The van der Waals surface area contributed by atoms with Crippen LogP contribution in [-0.4, -0.2) is 129 Å². The summed E-state index contributed by atoms with van der Waals surface area (Å²) in [6.45, 7) is 4.76. The second-order valence-corrected chi connectivity index (χ2v) is 12.8. The maximum absolute atomic E-state index is 13.3. The van der Waals surface area contributed by atoms with E-state index in [0.717, 1.165) is 11.1 Å². The number of piperidine rings is 2. The van der Waals surface area contributed by atoms with E-state index in [0.29, 0.717) is 113 Å². The zero-order chi connectivity index (χ0) is 36.3. The molecule has 2 aliphatic rings. The number of methoxy groups -OCH3 is 6. The van der Waals surface area contributed by atoms with Crippen LogP contribution in [0.15, 0.2) is 24.3 Å². The Morgan fingerprint density at radius 2 is 0.860 bits per heavy atom. The van der Waals surface area contributed by atoms with Gasteiger partial charge in [0.15, 0.2) is 23.0 Å². The van der Waals surface area contributed by atoms with Gasteiger partial charge in [-0.3, -0.25) is 9.80 Å². The Morgan fingerprint density at radius 1 is 0.560 bits per heavy atom. The standard InChI is InChI=1S/C36H54N4O10/c1-37-23-35(9-13-39(14-10-35)21-25-17-27(43-3)31(47-7)28(18-25)44-4)49-33(41)34(42)50-36(24-38-2)11-15-40(16-12-36)22-26-19-29(45-5)32(48-8)30(20-26)46-6/h17-20,37-38H,9-16,21-24H2,1-8H3. The summed E-state index contributed by atoms with van der Waals surface area (Å²) >= 11 is 0. The van der Waals surface area contributed by atoms with Crippen molar-refractivity contribution in [3.63, 3.8) is 0 Å². The topological polar surface area (TPSA) is 139 Å². The summed E-state index contributed by atoms with van der Waals surface area (Å²) < 4.78 is 45.0. The minimum absolute atomic E-state index is 0.418. The smallest absolute Gasteiger partial charge is 0.418 e. The summed E-state index contributed by atoms with van der Waals surface area (Å²) in [7, 11) is 13.1. The molecule has 278 valence electrons. The van der Waals surface area contributed by atoms with Crippen LogP contribution in [-0.2, 0) is 32.2 Å². The van der Waals surface area contributed by atoms with Gasteiger partial charge >= 0.3 is 11.9 Å². The first-order valence-electron chi connectivity index (χ1n) is 16.9. The van der Waals surface area contributed by atoms with Gasteiger partial charge in [0.2, 0.25) is 11.5 Å². The Morgan fingerprint density at radius 3 is 1.10 bits per heavy atom. The van der Waals surface area contributed by atoms with E-state index in [1.165, 1.54) is 0 Å². The second kappa shape index (κ2) is 17.8. The van der Waals surface area contributed by atoms with Crippen molar-refractivity contribution in [3.8, 4) is 34.5 Å². The maximum atomic E-state index is 13.3. The van der Waals surface area contributed by atoms with Crippen molar-refractivity contribution in [2.24, 2.45) is 0 Å². The van der Waals surface area contributed by atoms with Gasteiger partial charge in [-0.1, -0.05) is 0 Å². The highest BCUT2D eigenvalue weighted by molar-refractivity contribution is 6.30. The fourth-order valence-corrected chi connectivity index (χ4v) is 6.96. The minimum Gasteiger partial charge on any atom is -0.493 e. The summed E-state index contributed by atoms with van der Waals surface area (Å²) in [4.78, 5) is 31.2. The monoisotopic (exact) mass is 702 g/mol. The van der Waals surface area contributed by atoms with E-state index in [2.05, 4.69) is 20.4 Å². The summed E-state index contributed by atoms with van der Waals surface area (Å²) in [6, 6.07) is 7.74. The molecule has 0 unspecified atom stereocenters. The van der Waals surface area contributed by atoms with Gasteiger partial charge in [-0.05, 0) is 49.5 Å². The first kappa shape index (κ1) is 38.8. The van der Waals surface area contributed by atoms with E-state index in [4.69, 9.17) is 37.9 Å². The average Bonchev–Trinajstić information content (AvgIpc) is 3.12. The third-order valence-corrected chi connectivity index (χ3v) is 9.58. The molecule has 0 amide bonds. The van der Waals surface area contributed by atoms with Crippen LogP contribution in [0.2, 0.25) is 0 Å². The molecule has 2 aliphatic heterocycles. The molecule has 2 aromatic rings. The van der Waals surface area contributed by atoms with Crippen LogP contribution in [0.4, 0.5) is 0 Å². The van der Waals surface area contributed by atoms with Crippen LogP contribution in [0.5, 0.6) is 34.5 Å². The number of hydrogen-bond acceptors (Lipinski definition) is 14. The normalized spacial score (nSPS) is 17.4. The predicted molar refractivity (Wildman–Crippen MR) is 187 cm³/mol. The number of esters is 2. The lowest BCUT2D eigenvalue weighted by molar-refractivity contribution is -0.191. The van der Waals surface area contributed by atoms with Crippen molar-refractivity contribution in [3.05, 3.63) is 35.4 Å². The summed E-state index contributed by atoms with van der Waals surface area (Å²) in [5.41, 5.74) is 0.337. The van der Waals surface area contributed by atoms with Crippen LogP contribution in [0.1, 0.15) is 36.8 Å². The van der Waals surface area contributed by atoms with E-state index >= 15 is 0 Å². The zero-order valence-electron chi connectivity index (χ0n) is 30.8. The van der Waals surface area contributed by atoms with E-state index in [1.807, 2.05) is 38.4 Å². The largest absolute Gasteiger partial charge is 0.493 e. The predicted octanol–water partition coefficient (Wildman–Crippen LogP) is 2.63. The van der Waals surface area contributed by atoms with Gasteiger partial charge in [0.1, 0.15) is 11.2 Å². The number of nitrogens with zero attached hydrogens (tertiary/aromatic N) is 2. The molecule has 0 aliphatic carbocycles. The number of benzene rings is 2. The van der Waals surface area contributed by atoms with Crippen molar-refractivity contribution in [2.45, 2.75) is 50.0 Å². The van der Waals surface area contributed by atoms with Gasteiger partial charge in [0.25, 0.3) is 0 Å². The maximum Gasteiger partial charge on any atom is 0.418 e. The van der Waals surface area contributed by atoms with Gasteiger partial charge in [0, 0.05) is 78.0 Å². The third kappa shape index (κ3) is 9.22. The molecule has 0 radical (unpaired) electrons. The molecule has 2 saturated heterocycles. The number of carbonyl (C=O) groups is 2. The highest BCUT2D eigenvalue weighted by Gasteiger charge is 2.43. The number of hydrogen-bond donors (Lipinski definition) is 2. The molecule has 2 heterocycles. The van der Waals surface area contributed by atoms with Crippen molar-refractivity contribution >= 4 is 11.9 Å². The quantitative estimate of drug-likeness (QED) is 0.196. The van der Waals surface area contributed by atoms with Gasteiger partial charge in [-0.2, -0.15) is 0 Å². The van der Waals surface area contributed by atoms with Gasteiger partial charge in [-0.15, -0.1) is 0 Å². The first-order valence-corrected chi connectivity index (χ1v) is 16.9. The molecule has 0 aromatic heterocycles. The van der Waals surface area contributed by atoms with Crippen LogP contribution in [0.25, 0.3) is 0 Å². The van der Waals surface area contributed by atoms with Crippen LogP contribution < -0.4 is 39.1 Å². The molecule has 0 atom stereocenters. The van der Waals surface area contributed by atoms with Gasteiger partial charge in [-0.25, -0.2) is 9.59 Å². The van der Waals surface area contributed by atoms with Crippen molar-refractivity contribution in [1.82, 2.24) is 20.4 Å². The molecule has 2 N–H and O–H groups in total. The zero-order valence-corrected chi connectivity index (χ0v) is 30.8. The molecule has 14 heteroatoms. The lowest BCUT2D eigenvalue weighted by atomic mass is 9.90. The third-order valence-electron chi connectivity index (χ3n) is 9.58. The highest BCUT2D eigenvalue weighted by Crippen LogP contribution is 2.40. The Hall–Kier alpha value is -3.98. The van der Waals surface area contributed by atoms with Crippen molar-refractivity contribution in [2.75, 3.05) is 96.0 Å². The van der Waals surface area contributed by atoms with E-state index in [9.17, 15) is 9.59 Å². The molecule has 14 nitrogen and oxygen atoms in total. The van der Waals surface area contributed by atoms with Gasteiger partial charge in [0.05, 0.1) is 42.7 Å². The van der Waals surface area contributed by atoms with E-state index in [1.54, 1.807) is 42.7 Å². The molecule has 0 saturated carbocycles. The lowest BCUT2D eigenvalue weighted by Crippen LogP contribution is -2.55. The number of carbonyl (C=O) groups excluding carboxylic acids is 2. The first-order chi connectivity index (χ1) is 24.1. The average molecular weight is 703 g/mol. The van der Waals surface area contributed by atoms with Crippen LogP contribution in [0, 0.1) is 0 Å². The Kier molecular flexibility index (Phi) is 13.8. The lowest BCUT2D eigenvalue weighted by Gasteiger charge is -2.42. The minimum atomic E-state index is -0.964. The fraction of sp³-hybridized carbons (Fsp3) is 0.611. The Bertz CT molecular complexity index is 1280. The number of likely N-dealkylation sites (tertiary alicyclic amines) is 2. The molecule has 2 aromatic carbocycles. The summed E-state index contributed by atoms with van der Waals surface area (Å²) in [5, 5.41) is 6.30. The Labute approximate surface area is 295 Å². The van der Waals surface area contributed by atoms with E-state index in [-0.39, 0.29) is 0 Å². The SMILES string of the molecule is CNCC1(OC(=O)C(=O)OC2(CNC)CCN(Cc3cc(OC)c(OC)c(OC)c3)CC2)CCN(Cc2cc(OC)c(OC)c(OC)c2)CC1. The number of likely N-dealkylation sites (N-methyl/N-ethyl adjacent to an activating group) is 2. The molecule has 0 bridgehead atoms. The second-order valence-electron chi connectivity index (χ2n) is 12.8. The highest BCUT2D eigenvalue weighted by atomic mass is 16.6. The molecular weight excluding hydrogens is 648 g/mol. The van der Waals surface area contributed by atoms with Crippen LogP contribution in [0.3, 0.4) is 0 Å². The molecular formula is C36H54N4O10. The Balaban J connectivity index is 1.35. The van der Waals surface area contributed by atoms with Crippen molar-refractivity contribution in [1.29, 1.82) is 0 Å². The van der Waals surface area contributed by atoms with Crippen molar-refractivity contribution < 1.29 is 47.5 Å². The molecule has 50 heavy (non-hydrogen) atoms. The van der Waals surface area contributed by atoms with Gasteiger partial charge < -0.3 is 48.5 Å². The molecule has 0 spiro atoms. The summed E-state index contributed by atoms with van der Waals surface area (Å²) in [6.07, 6.45) is 2.20.